The van der Waals surface area contributed by atoms with Crippen LogP contribution in [0.2, 0.25) is 0 Å². The molecule has 0 radical (unpaired) electrons. The first-order valence-corrected chi connectivity index (χ1v) is 6.36. The maximum Gasteiger partial charge on any atom is 0.122 e. The molecule has 1 atom stereocenters. The number of benzene rings is 1. The van der Waals surface area contributed by atoms with Crippen molar-refractivity contribution in [2.24, 2.45) is 0 Å². The van der Waals surface area contributed by atoms with Crippen LogP contribution in [-0.4, -0.2) is 5.54 Å². The standard InChI is InChI=1S/C15H22N2/c1-4-5-6-10-15(3,12-16)17-14-9-7-8-13(2)11-14/h7-9,11,17H,4-6,10H2,1-3H3. The first-order valence-electron chi connectivity index (χ1n) is 6.36. The molecule has 0 spiro atoms. The average Bonchev–Trinajstić information content (AvgIpc) is 2.29. The molecule has 0 saturated carbocycles. The molecule has 1 N–H and O–H groups in total. The van der Waals surface area contributed by atoms with Gasteiger partial charge >= 0.3 is 0 Å². The lowest BCUT2D eigenvalue weighted by molar-refractivity contribution is 0.538. The van der Waals surface area contributed by atoms with E-state index in [0.29, 0.717) is 0 Å². The van der Waals surface area contributed by atoms with Crippen LogP contribution in [0.15, 0.2) is 24.3 Å². The molecule has 0 bridgehead atoms. The summed E-state index contributed by atoms with van der Waals surface area (Å²) in [5.41, 5.74) is 1.79. The van der Waals surface area contributed by atoms with Crippen molar-refractivity contribution < 1.29 is 0 Å². The Morgan fingerprint density at radius 3 is 2.71 bits per heavy atom. The summed E-state index contributed by atoms with van der Waals surface area (Å²) in [6.07, 6.45) is 4.36. The van der Waals surface area contributed by atoms with Crippen molar-refractivity contribution in [3.8, 4) is 6.07 Å². The van der Waals surface area contributed by atoms with Crippen LogP contribution in [0.5, 0.6) is 0 Å². The van der Waals surface area contributed by atoms with E-state index < -0.39 is 5.54 Å². The fraction of sp³-hybridized carbons (Fsp3) is 0.533. The summed E-state index contributed by atoms with van der Waals surface area (Å²) in [7, 11) is 0. The smallest absolute Gasteiger partial charge is 0.122 e. The largest absolute Gasteiger partial charge is 0.368 e. The molecule has 1 aromatic carbocycles. The molecule has 92 valence electrons. The molecule has 2 nitrogen and oxygen atoms in total. The van der Waals surface area contributed by atoms with E-state index in [1.54, 1.807) is 0 Å². The molecule has 2 heteroatoms. The summed E-state index contributed by atoms with van der Waals surface area (Å²) in [5.74, 6) is 0. The number of unbranched alkanes of at least 4 members (excludes halogenated alkanes) is 2. The van der Waals surface area contributed by atoms with E-state index >= 15 is 0 Å². The van der Waals surface area contributed by atoms with Gasteiger partial charge in [0.15, 0.2) is 0 Å². The van der Waals surface area contributed by atoms with Crippen LogP contribution in [-0.2, 0) is 0 Å². The lowest BCUT2D eigenvalue weighted by Crippen LogP contribution is -2.32. The van der Waals surface area contributed by atoms with Gasteiger partial charge in [-0.15, -0.1) is 0 Å². The van der Waals surface area contributed by atoms with Gasteiger partial charge < -0.3 is 5.32 Å². The van der Waals surface area contributed by atoms with Gasteiger partial charge in [-0.1, -0.05) is 38.3 Å². The van der Waals surface area contributed by atoms with Gasteiger partial charge in [-0.25, -0.2) is 0 Å². The Kier molecular flexibility index (Phi) is 5.03. The van der Waals surface area contributed by atoms with Crippen molar-refractivity contribution in [3.05, 3.63) is 29.8 Å². The molecule has 0 heterocycles. The van der Waals surface area contributed by atoms with E-state index in [2.05, 4.69) is 37.4 Å². The number of nitriles is 1. The first-order chi connectivity index (χ1) is 8.09. The summed E-state index contributed by atoms with van der Waals surface area (Å²) in [6, 6.07) is 10.6. The topological polar surface area (TPSA) is 35.8 Å². The van der Waals surface area contributed by atoms with Crippen molar-refractivity contribution in [2.75, 3.05) is 5.32 Å². The zero-order valence-electron chi connectivity index (χ0n) is 11.1. The summed E-state index contributed by atoms with van der Waals surface area (Å²) < 4.78 is 0. The molecule has 0 aliphatic carbocycles. The van der Waals surface area contributed by atoms with Gasteiger partial charge in [0, 0.05) is 5.69 Å². The molecule has 0 fully saturated rings. The second kappa shape index (κ2) is 6.30. The van der Waals surface area contributed by atoms with Crippen molar-refractivity contribution in [1.82, 2.24) is 0 Å². The van der Waals surface area contributed by atoms with Crippen molar-refractivity contribution in [2.45, 2.75) is 52.0 Å². The maximum absolute atomic E-state index is 9.30. The van der Waals surface area contributed by atoms with Gasteiger partial charge in [-0.3, -0.25) is 0 Å². The van der Waals surface area contributed by atoms with Crippen LogP contribution in [0.25, 0.3) is 0 Å². The van der Waals surface area contributed by atoms with E-state index in [0.717, 1.165) is 18.5 Å². The van der Waals surface area contributed by atoms with E-state index in [-0.39, 0.29) is 0 Å². The van der Waals surface area contributed by atoms with Gasteiger partial charge in [0.1, 0.15) is 5.54 Å². The number of aryl methyl sites for hydroxylation is 1. The molecule has 1 aromatic rings. The Labute approximate surface area is 105 Å². The van der Waals surface area contributed by atoms with E-state index in [1.807, 2.05) is 19.1 Å². The minimum absolute atomic E-state index is 0.455. The highest BCUT2D eigenvalue weighted by Gasteiger charge is 2.22. The number of nitrogens with zero attached hydrogens (tertiary/aromatic N) is 1. The van der Waals surface area contributed by atoms with Gasteiger partial charge in [0.2, 0.25) is 0 Å². The van der Waals surface area contributed by atoms with Crippen molar-refractivity contribution in [3.63, 3.8) is 0 Å². The monoisotopic (exact) mass is 230 g/mol. The molecule has 17 heavy (non-hydrogen) atoms. The highest BCUT2D eigenvalue weighted by Crippen LogP contribution is 2.21. The summed E-state index contributed by atoms with van der Waals surface area (Å²) in [4.78, 5) is 0. The summed E-state index contributed by atoms with van der Waals surface area (Å²) in [6.45, 7) is 6.22. The van der Waals surface area contributed by atoms with Gasteiger partial charge in [-0.2, -0.15) is 5.26 Å². The third-order valence-corrected chi connectivity index (χ3v) is 2.97. The average molecular weight is 230 g/mol. The number of rotatable bonds is 6. The zero-order chi connectivity index (χ0) is 12.7. The Balaban J connectivity index is 2.65. The SMILES string of the molecule is CCCCCC(C)(C#N)Nc1cccc(C)c1. The lowest BCUT2D eigenvalue weighted by atomic mass is 9.95. The van der Waals surface area contributed by atoms with Gasteiger partial charge in [0.25, 0.3) is 0 Å². The summed E-state index contributed by atoms with van der Waals surface area (Å²) in [5, 5.41) is 12.6. The van der Waals surface area contributed by atoms with E-state index in [9.17, 15) is 5.26 Å². The number of nitrogens with one attached hydrogen (secondary N) is 1. The van der Waals surface area contributed by atoms with Crippen LogP contribution in [0.3, 0.4) is 0 Å². The molecule has 0 aliphatic heterocycles. The third kappa shape index (κ3) is 4.48. The van der Waals surface area contributed by atoms with Crippen LogP contribution in [0, 0.1) is 18.3 Å². The predicted octanol–water partition coefficient (Wildman–Crippen LogP) is 4.27. The molecule has 0 aliphatic rings. The highest BCUT2D eigenvalue weighted by molar-refractivity contribution is 5.49. The van der Waals surface area contributed by atoms with Crippen LogP contribution >= 0.6 is 0 Å². The Bertz CT molecular complexity index is 392. The van der Waals surface area contributed by atoms with Crippen LogP contribution < -0.4 is 5.32 Å². The second-order valence-corrected chi connectivity index (χ2v) is 4.90. The molecule has 0 aromatic heterocycles. The minimum Gasteiger partial charge on any atom is -0.368 e. The Hall–Kier alpha value is -1.49. The fourth-order valence-corrected chi connectivity index (χ4v) is 1.92. The molecule has 1 unspecified atom stereocenters. The van der Waals surface area contributed by atoms with Gasteiger partial charge in [-0.05, 0) is 38.0 Å². The summed E-state index contributed by atoms with van der Waals surface area (Å²) >= 11 is 0. The normalized spacial score (nSPS) is 13.8. The highest BCUT2D eigenvalue weighted by atomic mass is 15.0. The molecular weight excluding hydrogens is 208 g/mol. The number of hydrogen-bond acceptors (Lipinski definition) is 2. The minimum atomic E-state index is -0.455. The quantitative estimate of drug-likeness (QED) is 0.741. The maximum atomic E-state index is 9.30. The van der Waals surface area contributed by atoms with E-state index in [4.69, 9.17) is 0 Å². The molecule has 1 rings (SSSR count). The zero-order valence-corrected chi connectivity index (χ0v) is 11.1. The van der Waals surface area contributed by atoms with Crippen molar-refractivity contribution in [1.29, 1.82) is 5.26 Å². The Morgan fingerprint density at radius 1 is 1.35 bits per heavy atom. The molecule has 0 amide bonds. The van der Waals surface area contributed by atoms with Crippen LogP contribution in [0.4, 0.5) is 5.69 Å². The lowest BCUT2D eigenvalue weighted by Gasteiger charge is -2.24. The van der Waals surface area contributed by atoms with E-state index in [1.165, 1.54) is 18.4 Å². The number of hydrogen-bond donors (Lipinski definition) is 1. The first kappa shape index (κ1) is 13.6. The second-order valence-electron chi connectivity index (χ2n) is 4.90. The van der Waals surface area contributed by atoms with Crippen LogP contribution in [0.1, 0.15) is 45.1 Å². The third-order valence-electron chi connectivity index (χ3n) is 2.97. The molecular formula is C15H22N2. The molecule has 0 saturated heterocycles. The van der Waals surface area contributed by atoms with Crippen molar-refractivity contribution >= 4 is 5.69 Å². The predicted molar refractivity (Wildman–Crippen MR) is 73.0 cm³/mol. The Morgan fingerprint density at radius 2 is 2.12 bits per heavy atom. The fourth-order valence-electron chi connectivity index (χ4n) is 1.92. The number of anilines is 1. The van der Waals surface area contributed by atoms with Gasteiger partial charge in [0.05, 0.1) is 6.07 Å².